The van der Waals surface area contributed by atoms with Crippen LogP contribution in [-0.2, 0) is 11.3 Å². The Morgan fingerprint density at radius 3 is 2.56 bits per heavy atom. The van der Waals surface area contributed by atoms with Crippen LogP contribution in [0.15, 0.2) is 18.3 Å². The Morgan fingerprint density at radius 2 is 2.12 bits per heavy atom. The molecule has 1 heterocycles. The van der Waals surface area contributed by atoms with E-state index in [9.17, 15) is 4.79 Å². The molecule has 4 heteroatoms. The van der Waals surface area contributed by atoms with Gasteiger partial charge in [-0.05, 0) is 11.6 Å². The van der Waals surface area contributed by atoms with Crippen molar-refractivity contribution < 1.29 is 4.79 Å². The molecule has 0 aliphatic rings. The lowest BCUT2D eigenvalue weighted by molar-refractivity contribution is -0.124. The van der Waals surface area contributed by atoms with Gasteiger partial charge in [0.2, 0.25) is 5.91 Å². The van der Waals surface area contributed by atoms with Crippen LogP contribution >= 0.6 is 0 Å². The molecule has 1 rings (SSSR count). The molecule has 88 valence electrons. The average molecular weight is 221 g/mol. The molecule has 0 unspecified atom stereocenters. The lowest BCUT2D eigenvalue weighted by Crippen LogP contribution is -2.27. The molecule has 0 atom stereocenters. The maximum Gasteiger partial charge on any atom is 0.222 e. The molecule has 0 radical (unpaired) electrons. The summed E-state index contributed by atoms with van der Waals surface area (Å²) in [5.41, 5.74) is 1.01. The van der Waals surface area contributed by atoms with E-state index in [1.165, 1.54) is 0 Å². The minimum atomic E-state index is 0.0222. The van der Waals surface area contributed by atoms with Crippen molar-refractivity contribution in [2.45, 2.75) is 20.4 Å². The van der Waals surface area contributed by atoms with Crippen LogP contribution in [0, 0.1) is 5.92 Å². The predicted octanol–water partition coefficient (Wildman–Crippen LogP) is 1.42. The van der Waals surface area contributed by atoms with Crippen molar-refractivity contribution in [1.82, 2.24) is 10.3 Å². The topological polar surface area (TPSA) is 45.2 Å². The minimum absolute atomic E-state index is 0.0222. The summed E-state index contributed by atoms with van der Waals surface area (Å²) in [5, 5.41) is 2.85. The zero-order valence-corrected chi connectivity index (χ0v) is 10.3. The normalized spacial score (nSPS) is 10.3. The molecule has 0 aliphatic heterocycles. The van der Waals surface area contributed by atoms with Gasteiger partial charge in [-0.15, -0.1) is 0 Å². The zero-order valence-electron chi connectivity index (χ0n) is 10.3. The molecule has 1 aromatic rings. The second kappa shape index (κ2) is 5.49. The molecule has 0 aliphatic carbocycles. The highest BCUT2D eigenvalue weighted by atomic mass is 16.1. The van der Waals surface area contributed by atoms with Gasteiger partial charge in [0.1, 0.15) is 5.82 Å². The molecule has 0 bridgehead atoms. The van der Waals surface area contributed by atoms with Gasteiger partial charge in [-0.25, -0.2) is 4.98 Å². The fourth-order valence-corrected chi connectivity index (χ4v) is 1.18. The summed E-state index contributed by atoms with van der Waals surface area (Å²) in [7, 11) is 3.89. The quantitative estimate of drug-likeness (QED) is 0.836. The predicted molar refractivity (Wildman–Crippen MR) is 65.2 cm³/mol. The van der Waals surface area contributed by atoms with Gasteiger partial charge in [0.25, 0.3) is 0 Å². The Morgan fingerprint density at radius 1 is 1.44 bits per heavy atom. The molecule has 0 fully saturated rings. The first-order valence-electron chi connectivity index (χ1n) is 5.40. The van der Waals surface area contributed by atoms with Gasteiger partial charge >= 0.3 is 0 Å². The maximum absolute atomic E-state index is 11.4. The number of hydrogen-bond donors (Lipinski definition) is 1. The number of aromatic nitrogens is 1. The Kier molecular flexibility index (Phi) is 4.28. The Labute approximate surface area is 96.7 Å². The number of carbonyl (C=O) groups excluding carboxylic acids is 1. The molecular weight excluding hydrogens is 202 g/mol. The van der Waals surface area contributed by atoms with Crippen LogP contribution in [0.3, 0.4) is 0 Å². The number of nitrogens with zero attached hydrogens (tertiary/aromatic N) is 2. The first-order valence-corrected chi connectivity index (χ1v) is 5.40. The van der Waals surface area contributed by atoms with Gasteiger partial charge in [0.05, 0.1) is 0 Å². The van der Waals surface area contributed by atoms with Crippen LogP contribution in [0.25, 0.3) is 0 Å². The highest BCUT2D eigenvalue weighted by Crippen LogP contribution is 2.07. The third kappa shape index (κ3) is 3.53. The number of hydrogen-bond acceptors (Lipinski definition) is 3. The van der Waals surface area contributed by atoms with Crippen molar-refractivity contribution in [3.05, 3.63) is 23.9 Å². The van der Waals surface area contributed by atoms with E-state index in [1.807, 2.05) is 45.0 Å². The fourth-order valence-electron chi connectivity index (χ4n) is 1.18. The van der Waals surface area contributed by atoms with Crippen molar-refractivity contribution in [2.75, 3.05) is 19.0 Å². The van der Waals surface area contributed by atoms with E-state index in [0.717, 1.165) is 11.4 Å². The van der Waals surface area contributed by atoms with E-state index in [-0.39, 0.29) is 11.8 Å². The van der Waals surface area contributed by atoms with Crippen molar-refractivity contribution in [1.29, 1.82) is 0 Å². The highest BCUT2D eigenvalue weighted by Gasteiger charge is 2.05. The van der Waals surface area contributed by atoms with Gasteiger partial charge in [-0.1, -0.05) is 19.9 Å². The largest absolute Gasteiger partial charge is 0.363 e. The number of anilines is 1. The number of amides is 1. The van der Waals surface area contributed by atoms with Gasteiger partial charge in [-0.2, -0.15) is 0 Å². The van der Waals surface area contributed by atoms with Gasteiger partial charge in [0.15, 0.2) is 0 Å². The van der Waals surface area contributed by atoms with Gasteiger partial charge in [0, 0.05) is 32.8 Å². The van der Waals surface area contributed by atoms with E-state index in [4.69, 9.17) is 0 Å². The molecule has 1 N–H and O–H groups in total. The summed E-state index contributed by atoms with van der Waals surface area (Å²) >= 11 is 0. The number of nitrogens with one attached hydrogen (secondary N) is 1. The second-order valence-corrected chi connectivity index (χ2v) is 4.29. The van der Waals surface area contributed by atoms with Crippen molar-refractivity contribution in [3.8, 4) is 0 Å². The Hall–Kier alpha value is -1.58. The van der Waals surface area contributed by atoms with E-state index in [1.54, 1.807) is 6.20 Å². The summed E-state index contributed by atoms with van der Waals surface area (Å²) in [5.74, 6) is 1.00. The van der Waals surface area contributed by atoms with E-state index in [0.29, 0.717) is 6.54 Å². The molecule has 0 saturated carbocycles. The molecule has 16 heavy (non-hydrogen) atoms. The third-order valence-electron chi connectivity index (χ3n) is 2.26. The molecule has 1 amide bonds. The number of carbonyl (C=O) groups is 1. The Bertz CT molecular complexity index is 344. The van der Waals surface area contributed by atoms with E-state index in [2.05, 4.69) is 10.3 Å². The lowest BCUT2D eigenvalue weighted by Gasteiger charge is -2.12. The summed E-state index contributed by atoms with van der Waals surface area (Å²) in [6, 6.07) is 3.92. The third-order valence-corrected chi connectivity index (χ3v) is 2.26. The van der Waals surface area contributed by atoms with Crippen LogP contribution in [0.4, 0.5) is 5.82 Å². The maximum atomic E-state index is 11.4. The van der Waals surface area contributed by atoms with E-state index < -0.39 is 0 Å². The van der Waals surface area contributed by atoms with Crippen LogP contribution < -0.4 is 10.2 Å². The first-order chi connectivity index (χ1) is 7.50. The van der Waals surface area contributed by atoms with Crippen LogP contribution in [0.1, 0.15) is 19.4 Å². The van der Waals surface area contributed by atoms with Crippen LogP contribution in [-0.4, -0.2) is 25.0 Å². The molecule has 0 saturated heterocycles. The van der Waals surface area contributed by atoms with Crippen LogP contribution in [0.5, 0.6) is 0 Å². The van der Waals surface area contributed by atoms with Gasteiger partial charge < -0.3 is 10.2 Å². The number of pyridine rings is 1. The molecule has 0 spiro atoms. The van der Waals surface area contributed by atoms with Crippen LogP contribution in [0.2, 0.25) is 0 Å². The minimum Gasteiger partial charge on any atom is -0.363 e. The second-order valence-electron chi connectivity index (χ2n) is 4.29. The Balaban J connectivity index is 2.53. The molecule has 4 nitrogen and oxygen atoms in total. The molecule has 1 aromatic heterocycles. The summed E-state index contributed by atoms with van der Waals surface area (Å²) in [6.07, 6.45) is 1.79. The lowest BCUT2D eigenvalue weighted by atomic mass is 10.2. The van der Waals surface area contributed by atoms with Crippen molar-refractivity contribution in [3.63, 3.8) is 0 Å². The average Bonchev–Trinajstić information content (AvgIpc) is 2.26. The molecular formula is C12H19N3O. The number of rotatable bonds is 4. The highest BCUT2D eigenvalue weighted by molar-refractivity contribution is 5.77. The van der Waals surface area contributed by atoms with Crippen molar-refractivity contribution >= 4 is 11.7 Å². The monoisotopic (exact) mass is 221 g/mol. The zero-order chi connectivity index (χ0) is 12.1. The summed E-state index contributed by atoms with van der Waals surface area (Å²) in [6.45, 7) is 4.29. The standard InChI is InChI=1S/C12H19N3O/c1-9(2)12(16)14-8-10-5-6-11(13-7-10)15(3)4/h5-7,9H,8H2,1-4H3,(H,14,16). The molecule has 0 aromatic carbocycles. The smallest absolute Gasteiger partial charge is 0.222 e. The first kappa shape index (κ1) is 12.5. The fraction of sp³-hybridized carbons (Fsp3) is 0.500. The van der Waals surface area contributed by atoms with Crippen molar-refractivity contribution in [2.24, 2.45) is 5.92 Å². The summed E-state index contributed by atoms with van der Waals surface area (Å²) < 4.78 is 0. The van der Waals surface area contributed by atoms with Gasteiger partial charge in [-0.3, -0.25) is 4.79 Å². The summed E-state index contributed by atoms with van der Waals surface area (Å²) in [4.78, 5) is 17.6. The van der Waals surface area contributed by atoms with E-state index >= 15 is 0 Å². The SMILES string of the molecule is CC(C)C(=O)NCc1ccc(N(C)C)nc1.